The maximum atomic E-state index is 6.69. The van der Waals surface area contributed by atoms with Gasteiger partial charge < -0.3 is 8.85 Å². The molecular formula is C15H24ClNO2Si. The van der Waals surface area contributed by atoms with E-state index in [4.69, 9.17) is 19.9 Å². The third-order valence-corrected chi connectivity index (χ3v) is 7.24. The topological polar surface area (TPSA) is 21.7 Å². The predicted octanol–water partition coefficient (Wildman–Crippen LogP) is 3.82. The van der Waals surface area contributed by atoms with Crippen molar-refractivity contribution in [3.05, 3.63) is 35.9 Å². The van der Waals surface area contributed by atoms with Crippen LogP contribution in [0.15, 0.2) is 30.3 Å². The summed E-state index contributed by atoms with van der Waals surface area (Å²) >= 11 is 6.69. The van der Waals surface area contributed by atoms with E-state index in [2.05, 4.69) is 44.4 Å². The molecule has 1 aliphatic heterocycles. The van der Waals surface area contributed by atoms with E-state index in [-0.39, 0.29) is 17.6 Å². The lowest BCUT2D eigenvalue weighted by Crippen LogP contribution is -2.49. The highest BCUT2D eigenvalue weighted by molar-refractivity contribution is 7.11. The van der Waals surface area contributed by atoms with Crippen LogP contribution in [0.4, 0.5) is 0 Å². The van der Waals surface area contributed by atoms with Crippen LogP contribution in [0.2, 0.25) is 0 Å². The average Bonchev–Trinajstić information content (AvgIpc) is 2.62. The van der Waals surface area contributed by atoms with Gasteiger partial charge in [0.2, 0.25) is 0 Å². The van der Waals surface area contributed by atoms with Crippen molar-refractivity contribution in [2.75, 3.05) is 13.7 Å². The molecule has 0 spiro atoms. The summed E-state index contributed by atoms with van der Waals surface area (Å²) in [6.07, 6.45) is -0.0228. The molecule has 0 saturated carbocycles. The van der Waals surface area contributed by atoms with Gasteiger partial charge >= 0.3 is 8.03 Å². The minimum atomic E-state index is -2.80. The first kappa shape index (κ1) is 16.0. The molecule has 0 amide bonds. The molecule has 1 unspecified atom stereocenters. The lowest BCUT2D eigenvalue weighted by atomic mass is 9.99. The van der Waals surface area contributed by atoms with Crippen molar-refractivity contribution in [1.29, 1.82) is 0 Å². The number of rotatable bonds is 3. The van der Waals surface area contributed by atoms with E-state index in [1.807, 2.05) is 25.2 Å². The van der Waals surface area contributed by atoms with E-state index in [1.54, 1.807) is 0 Å². The second-order valence-corrected chi connectivity index (χ2v) is 10.3. The fourth-order valence-corrected chi connectivity index (χ4v) is 5.45. The Bertz CT molecular complexity index is 451. The molecule has 1 heterocycles. The fraction of sp³-hybridized carbons (Fsp3) is 0.600. The highest BCUT2D eigenvalue weighted by Gasteiger charge is 2.55. The van der Waals surface area contributed by atoms with E-state index in [0.29, 0.717) is 6.61 Å². The molecule has 0 N–H and O–H groups in total. The van der Waals surface area contributed by atoms with Gasteiger partial charge in [-0.25, -0.2) is 0 Å². The molecule has 1 saturated heterocycles. The molecule has 1 fully saturated rings. The molecule has 2 rings (SSSR count). The molecule has 0 bridgehead atoms. The minimum Gasteiger partial charge on any atom is -0.370 e. The van der Waals surface area contributed by atoms with Gasteiger partial charge in [0.1, 0.15) is 0 Å². The average molecular weight is 314 g/mol. The SMILES string of the molecule is C[C@@H]1[C@@H](c2ccccc2)O[Si](Cl)(OCC(C)(C)C)N1C. The van der Waals surface area contributed by atoms with Crippen LogP contribution >= 0.6 is 11.1 Å². The zero-order valence-corrected chi connectivity index (χ0v) is 14.6. The lowest BCUT2D eigenvalue weighted by molar-refractivity contribution is 0.117. The molecule has 0 aliphatic carbocycles. The van der Waals surface area contributed by atoms with Crippen molar-refractivity contribution >= 4 is 19.1 Å². The third-order valence-electron chi connectivity index (χ3n) is 3.55. The minimum absolute atomic E-state index is 0.0228. The second-order valence-electron chi connectivity index (χ2n) is 6.65. The lowest BCUT2D eigenvalue weighted by Gasteiger charge is -2.29. The highest BCUT2D eigenvalue weighted by atomic mass is 35.6. The first-order valence-electron chi connectivity index (χ1n) is 7.01. The number of nitrogens with zero attached hydrogens (tertiary/aromatic N) is 1. The van der Waals surface area contributed by atoms with Crippen molar-refractivity contribution in [1.82, 2.24) is 4.57 Å². The molecular weight excluding hydrogens is 290 g/mol. The summed E-state index contributed by atoms with van der Waals surface area (Å²) in [4.78, 5) is 0. The highest BCUT2D eigenvalue weighted by Crippen LogP contribution is 2.40. The van der Waals surface area contributed by atoms with Gasteiger partial charge in [-0.1, -0.05) is 62.2 Å². The second kappa shape index (κ2) is 5.77. The summed E-state index contributed by atoms with van der Waals surface area (Å²) in [6.45, 7) is 9.13. The van der Waals surface area contributed by atoms with E-state index >= 15 is 0 Å². The number of hydrogen-bond donors (Lipinski definition) is 0. The predicted molar refractivity (Wildman–Crippen MR) is 84.5 cm³/mol. The monoisotopic (exact) mass is 313 g/mol. The summed E-state index contributed by atoms with van der Waals surface area (Å²) in [5, 5.41) is 0. The third kappa shape index (κ3) is 3.43. The van der Waals surface area contributed by atoms with Gasteiger partial charge in [0, 0.05) is 12.6 Å². The summed E-state index contributed by atoms with van der Waals surface area (Å²) in [6, 6.07) is 10.4. The normalized spacial score (nSPS) is 31.7. The Balaban J connectivity index is 2.14. The van der Waals surface area contributed by atoms with Gasteiger partial charge in [-0.2, -0.15) is 0 Å². The van der Waals surface area contributed by atoms with Crippen molar-refractivity contribution in [3.8, 4) is 0 Å². The number of benzene rings is 1. The standard InChI is InChI=1S/C15H24ClNO2Si/c1-12-14(13-9-7-6-8-10-13)19-20(16,17(12)5)18-11-15(2,3)4/h6-10,12,14H,11H2,1-5H3/t12-,14+,20?/m1/s1. The fourth-order valence-electron chi connectivity index (χ4n) is 2.22. The van der Waals surface area contributed by atoms with Gasteiger partial charge in [0.25, 0.3) is 0 Å². The van der Waals surface area contributed by atoms with Crippen LogP contribution in [0.3, 0.4) is 0 Å². The Labute approximate surface area is 127 Å². The van der Waals surface area contributed by atoms with Gasteiger partial charge in [-0.05, 0) is 24.9 Å². The van der Waals surface area contributed by atoms with Crippen LogP contribution in [-0.4, -0.2) is 32.3 Å². The van der Waals surface area contributed by atoms with Crippen LogP contribution in [0.5, 0.6) is 0 Å². The molecule has 0 radical (unpaired) electrons. The Kier molecular flexibility index (Phi) is 4.62. The maximum Gasteiger partial charge on any atom is 0.537 e. The van der Waals surface area contributed by atoms with Crippen molar-refractivity contribution in [3.63, 3.8) is 0 Å². The molecule has 3 atom stereocenters. The number of halogens is 1. The smallest absolute Gasteiger partial charge is 0.370 e. The maximum absolute atomic E-state index is 6.69. The zero-order valence-electron chi connectivity index (χ0n) is 12.9. The van der Waals surface area contributed by atoms with Crippen molar-refractivity contribution < 1.29 is 8.85 Å². The molecule has 1 aliphatic rings. The van der Waals surface area contributed by atoms with Gasteiger partial charge in [-0.15, -0.1) is 0 Å². The Morgan fingerprint density at radius 2 is 1.90 bits per heavy atom. The molecule has 5 heteroatoms. The summed E-state index contributed by atoms with van der Waals surface area (Å²) in [5.74, 6) is 0. The summed E-state index contributed by atoms with van der Waals surface area (Å²) in [7, 11) is -0.807. The molecule has 0 aromatic heterocycles. The Morgan fingerprint density at radius 3 is 2.45 bits per heavy atom. The van der Waals surface area contributed by atoms with Crippen LogP contribution in [0.25, 0.3) is 0 Å². The van der Waals surface area contributed by atoms with Crippen molar-refractivity contribution in [2.24, 2.45) is 5.41 Å². The number of hydrogen-bond acceptors (Lipinski definition) is 3. The molecule has 20 heavy (non-hydrogen) atoms. The quantitative estimate of drug-likeness (QED) is 0.625. The van der Waals surface area contributed by atoms with Crippen LogP contribution in [0, 0.1) is 5.41 Å². The molecule has 112 valence electrons. The van der Waals surface area contributed by atoms with Gasteiger partial charge in [0.05, 0.1) is 6.10 Å². The molecule has 3 nitrogen and oxygen atoms in total. The largest absolute Gasteiger partial charge is 0.537 e. The number of likely N-dealkylation sites (N-methyl/N-ethyl adjacent to an activating group) is 1. The van der Waals surface area contributed by atoms with Crippen LogP contribution in [0.1, 0.15) is 39.4 Å². The summed E-state index contributed by atoms with van der Waals surface area (Å²) < 4.78 is 14.2. The van der Waals surface area contributed by atoms with Gasteiger partial charge in [0.15, 0.2) is 0 Å². The first-order valence-corrected chi connectivity index (χ1v) is 9.79. The Morgan fingerprint density at radius 1 is 1.30 bits per heavy atom. The zero-order chi connectivity index (χ0) is 15.0. The molecule has 1 aromatic carbocycles. The summed E-state index contributed by atoms with van der Waals surface area (Å²) in [5.41, 5.74) is 1.23. The molecule has 1 aromatic rings. The van der Waals surface area contributed by atoms with Gasteiger partial charge in [-0.3, -0.25) is 4.57 Å². The van der Waals surface area contributed by atoms with E-state index in [0.717, 1.165) is 5.56 Å². The first-order chi connectivity index (χ1) is 9.23. The van der Waals surface area contributed by atoms with Crippen molar-refractivity contribution in [2.45, 2.75) is 39.8 Å². The van der Waals surface area contributed by atoms with E-state index in [1.165, 1.54) is 0 Å². The van der Waals surface area contributed by atoms with E-state index in [9.17, 15) is 0 Å². The Hall–Kier alpha value is -0.393. The van der Waals surface area contributed by atoms with Crippen LogP contribution < -0.4 is 0 Å². The van der Waals surface area contributed by atoms with Crippen LogP contribution in [-0.2, 0) is 8.85 Å². The van der Waals surface area contributed by atoms with E-state index < -0.39 is 8.03 Å².